The van der Waals surface area contributed by atoms with E-state index in [1.807, 2.05) is 6.92 Å². The van der Waals surface area contributed by atoms with Crippen molar-refractivity contribution in [2.24, 2.45) is 9.52 Å². The fourth-order valence-corrected chi connectivity index (χ4v) is 5.82. The highest BCUT2D eigenvalue weighted by Gasteiger charge is 2.62. The molecule has 0 aromatic heterocycles. The van der Waals surface area contributed by atoms with Crippen LogP contribution in [0, 0.1) is 6.92 Å². The lowest BCUT2D eigenvalue weighted by atomic mass is 9.86. The maximum atomic E-state index is 14.2. The predicted molar refractivity (Wildman–Crippen MR) is 140 cm³/mol. The molecule has 0 amide bonds. The molecule has 2 atom stereocenters. The standard InChI is InChI=1S/C25H20BrCl2F3N2O2S/c1-15-9-16(3-4-17(15)14-32-36(2,34)22-7-5-19(26)6-8-22)23-13-24(35-33-23,25(29,30)31)18-10-20(27)12-21(28)11-18/h3-12H,13-14H2,1-2H3. The Bertz CT molecular complexity index is 1450. The van der Waals surface area contributed by atoms with Gasteiger partial charge in [-0.3, -0.25) is 0 Å². The molecule has 1 heterocycles. The van der Waals surface area contributed by atoms with E-state index in [4.69, 9.17) is 28.0 Å². The summed E-state index contributed by atoms with van der Waals surface area (Å²) in [6, 6.07) is 16.0. The molecule has 4 rings (SSSR count). The second-order valence-corrected chi connectivity index (χ2v) is 12.6. The van der Waals surface area contributed by atoms with Crippen LogP contribution in [0.5, 0.6) is 0 Å². The summed E-state index contributed by atoms with van der Waals surface area (Å²) in [6.07, 6.45) is -3.74. The van der Waals surface area contributed by atoms with Crippen LogP contribution in [0.3, 0.4) is 0 Å². The molecule has 0 spiro atoms. The Labute approximate surface area is 225 Å². The Morgan fingerprint density at radius 1 is 1.08 bits per heavy atom. The molecular weight excluding hydrogens is 600 g/mol. The highest BCUT2D eigenvalue weighted by molar-refractivity contribution is 9.10. The fourth-order valence-electron chi connectivity index (χ4n) is 3.85. The van der Waals surface area contributed by atoms with Crippen molar-refractivity contribution >= 4 is 54.6 Å². The lowest BCUT2D eigenvalue weighted by Gasteiger charge is -2.29. The van der Waals surface area contributed by atoms with E-state index in [1.165, 1.54) is 18.2 Å². The number of oxime groups is 1. The van der Waals surface area contributed by atoms with Crippen LogP contribution in [0.4, 0.5) is 13.2 Å². The van der Waals surface area contributed by atoms with E-state index in [9.17, 15) is 17.4 Å². The van der Waals surface area contributed by atoms with Gasteiger partial charge in [0.1, 0.15) is 0 Å². The maximum Gasteiger partial charge on any atom is 0.435 e. The van der Waals surface area contributed by atoms with E-state index in [2.05, 4.69) is 25.4 Å². The van der Waals surface area contributed by atoms with Crippen LogP contribution in [0.2, 0.25) is 10.0 Å². The van der Waals surface area contributed by atoms with Crippen molar-refractivity contribution in [2.75, 3.05) is 6.26 Å². The maximum absolute atomic E-state index is 14.2. The van der Waals surface area contributed by atoms with Crippen LogP contribution in [0.1, 0.15) is 28.7 Å². The number of aryl methyl sites for hydroxylation is 1. The topological polar surface area (TPSA) is 51.0 Å². The van der Waals surface area contributed by atoms with E-state index in [0.717, 1.165) is 15.6 Å². The Balaban J connectivity index is 1.59. The molecule has 0 radical (unpaired) electrons. The molecule has 0 aliphatic carbocycles. The summed E-state index contributed by atoms with van der Waals surface area (Å²) in [6.45, 7) is 2.00. The molecule has 1 aliphatic heterocycles. The van der Waals surface area contributed by atoms with Gasteiger partial charge in [0, 0.05) is 37.7 Å². The van der Waals surface area contributed by atoms with Crippen LogP contribution in [-0.4, -0.2) is 22.4 Å². The minimum absolute atomic E-state index is 0.0674. The second kappa shape index (κ2) is 10.0. The van der Waals surface area contributed by atoms with Crippen LogP contribution in [-0.2, 0) is 26.7 Å². The van der Waals surface area contributed by atoms with Gasteiger partial charge in [-0.15, -0.1) is 0 Å². The van der Waals surface area contributed by atoms with Crippen LogP contribution >= 0.6 is 39.1 Å². The monoisotopic (exact) mass is 618 g/mol. The molecule has 3 aromatic rings. The highest BCUT2D eigenvalue weighted by Crippen LogP contribution is 2.49. The third-order valence-electron chi connectivity index (χ3n) is 5.92. The Kier molecular flexibility index (Phi) is 7.50. The van der Waals surface area contributed by atoms with Gasteiger partial charge in [0.2, 0.25) is 0 Å². The Hall–Kier alpha value is -2.07. The molecule has 0 fully saturated rings. The lowest BCUT2D eigenvalue weighted by molar-refractivity contribution is -0.275. The first kappa shape index (κ1) is 27.0. The number of alkyl halides is 3. The van der Waals surface area contributed by atoms with Gasteiger partial charge in [-0.1, -0.05) is 56.4 Å². The van der Waals surface area contributed by atoms with Gasteiger partial charge in [0.15, 0.2) is 0 Å². The Morgan fingerprint density at radius 3 is 2.31 bits per heavy atom. The first-order valence-corrected chi connectivity index (χ1v) is 14.1. The first-order valence-electron chi connectivity index (χ1n) is 10.6. The zero-order valence-electron chi connectivity index (χ0n) is 19.1. The molecule has 4 nitrogen and oxygen atoms in total. The summed E-state index contributed by atoms with van der Waals surface area (Å²) >= 11 is 15.3. The molecule has 36 heavy (non-hydrogen) atoms. The van der Waals surface area contributed by atoms with E-state index < -0.39 is 27.9 Å². The Morgan fingerprint density at radius 2 is 1.72 bits per heavy atom. The molecule has 11 heteroatoms. The second-order valence-electron chi connectivity index (χ2n) is 8.47. The van der Waals surface area contributed by atoms with Gasteiger partial charge in [0.05, 0.1) is 22.0 Å². The van der Waals surface area contributed by atoms with Crippen LogP contribution in [0.25, 0.3) is 0 Å². The average molecular weight is 620 g/mol. The van der Waals surface area contributed by atoms with Crippen molar-refractivity contribution in [1.82, 2.24) is 0 Å². The quantitative estimate of drug-likeness (QED) is 0.288. The molecule has 3 aromatic carbocycles. The third kappa shape index (κ3) is 5.44. The molecule has 190 valence electrons. The van der Waals surface area contributed by atoms with Crippen LogP contribution < -0.4 is 0 Å². The predicted octanol–water partition coefficient (Wildman–Crippen LogP) is 8.30. The molecule has 0 saturated carbocycles. The zero-order chi connectivity index (χ0) is 26.3. The van der Waals surface area contributed by atoms with Crippen molar-refractivity contribution in [3.8, 4) is 0 Å². The average Bonchev–Trinajstić information content (AvgIpc) is 3.25. The van der Waals surface area contributed by atoms with Crippen molar-refractivity contribution in [3.05, 3.63) is 97.4 Å². The molecular formula is C25H20BrCl2F3N2O2S. The first-order chi connectivity index (χ1) is 16.8. The molecule has 0 bridgehead atoms. The van der Waals surface area contributed by atoms with Crippen molar-refractivity contribution in [2.45, 2.75) is 36.6 Å². The molecule has 0 saturated heterocycles. The zero-order valence-corrected chi connectivity index (χ0v) is 23.0. The van der Waals surface area contributed by atoms with Crippen molar-refractivity contribution in [3.63, 3.8) is 0 Å². The summed E-state index contributed by atoms with van der Waals surface area (Å²) in [5, 5.41) is 3.94. The minimum atomic E-state index is -4.77. The minimum Gasteiger partial charge on any atom is -0.374 e. The van der Waals surface area contributed by atoms with Gasteiger partial charge in [0.25, 0.3) is 5.60 Å². The number of hydrogen-bond acceptors (Lipinski definition) is 4. The number of benzene rings is 3. The summed E-state index contributed by atoms with van der Waals surface area (Å²) < 4.78 is 61.1. The third-order valence-corrected chi connectivity index (χ3v) is 8.66. The largest absolute Gasteiger partial charge is 0.435 e. The number of hydrogen-bond donors (Lipinski definition) is 0. The van der Waals surface area contributed by atoms with Gasteiger partial charge >= 0.3 is 6.18 Å². The SMILES string of the molecule is Cc1cc(C2=NOC(c3cc(Cl)cc(Cl)c3)(C(F)(F)F)C2)ccc1CN=S(C)(=O)c1ccc(Br)cc1. The molecule has 2 unspecified atom stereocenters. The van der Waals surface area contributed by atoms with E-state index >= 15 is 0 Å². The molecule has 1 aliphatic rings. The number of halogens is 6. The number of rotatable bonds is 5. The van der Waals surface area contributed by atoms with E-state index in [-0.39, 0.29) is 27.9 Å². The van der Waals surface area contributed by atoms with E-state index in [0.29, 0.717) is 10.5 Å². The summed E-state index contributed by atoms with van der Waals surface area (Å²) in [5.74, 6) is 0. The summed E-state index contributed by atoms with van der Waals surface area (Å²) in [5.41, 5.74) is -0.709. The van der Waals surface area contributed by atoms with Gasteiger partial charge < -0.3 is 4.84 Å². The van der Waals surface area contributed by atoms with Gasteiger partial charge in [-0.2, -0.15) is 13.2 Å². The van der Waals surface area contributed by atoms with Crippen molar-refractivity contribution in [1.29, 1.82) is 0 Å². The highest BCUT2D eigenvalue weighted by atomic mass is 79.9. The molecule has 0 N–H and O–H groups in total. The van der Waals surface area contributed by atoms with Gasteiger partial charge in [-0.25, -0.2) is 8.57 Å². The van der Waals surface area contributed by atoms with E-state index in [1.54, 1.807) is 48.7 Å². The number of nitrogens with zero attached hydrogens (tertiary/aromatic N) is 2. The van der Waals surface area contributed by atoms with Gasteiger partial charge in [-0.05, 0) is 72.1 Å². The summed E-state index contributed by atoms with van der Waals surface area (Å²) in [4.78, 5) is 5.69. The smallest absolute Gasteiger partial charge is 0.374 e. The van der Waals surface area contributed by atoms with Crippen molar-refractivity contribution < 1.29 is 22.2 Å². The normalized spacial score (nSPS) is 19.4. The van der Waals surface area contributed by atoms with Crippen LogP contribution in [0.15, 0.2) is 79.6 Å². The summed E-state index contributed by atoms with van der Waals surface area (Å²) in [7, 11) is -2.62. The fraction of sp³-hybridized carbons (Fsp3) is 0.240. The lowest BCUT2D eigenvalue weighted by Crippen LogP contribution is -2.42.